The number of nitrogens with zero attached hydrogens (tertiary/aromatic N) is 2. The first-order chi connectivity index (χ1) is 25.2. The second-order valence-corrected chi connectivity index (χ2v) is 13.2. The van der Waals surface area contributed by atoms with Gasteiger partial charge in [0, 0.05) is 61.5 Å². The van der Waals surface area contributed by atoms with Gasteiger partial charge in [0.25, 0.3) is 0 Å². The van der Waals surface area contributed by atoms with E-state index in [9.17, 15) is 0 Å². The Morgan fingerprint density at radius 1 is 0.333 bits per heavy atom. The van der Waals surface area contributed by atoms with Crippen LogP contribution >= 0.6 is 0 Å². The van der Waals surface area contributed by atoms with Gasteiger partial charge in [0.1, 0.15) is 22.3 Å². The van der Waals surface area contributed by atoms with Crippen molar-refractivity contribution in [3.05, 3.63) is 170 Å². The molecule has 0 radical (unpaired) electrons. The van der Waals surface area contributed by atoms with Crippen LogP contribution in [0.5, 0.6) is 0 Å². The van der Waals surface area contributed by atoms with Gasteiger partial charge >= 0.3 is 0 Å². The maximum atomic E-state index is 6.35. The number of benzene rings is 7. The lowest BCUT2D eigenvalue weighted by molar-refractivity contribution is 0.668. The minimum atomic E-state index is 0.868. The number of hydrogen-bond donors (Lipinski definition) is 0. The van der Waals surface area contributed by atoms with Crippen molar-refractivity contribution in [2.45, 2.75) is 0 Å². The zero-order valence-corrected chi connectivity index (χ0v) is 27.4. The average molecular weight is 653 g/mol. The smallest absolute Gasteiger partial charge is 0.135 e. The molecule has 4 heteroatoms. The highest BCUT2D eigenvalue weighted by molar-refractivity contribution is 6.11. The van der Waals surface area contributed by atoms with E-state index in [-0.39, 0.29) is 0 Å². The van der Waals surface area contributed by atoms with E-state index in [0.29, 0.717) is 0 Å². The van der Waals surface area contributed by atoms with Crippen LogP contribution in [0.1, 0.15) is 0 Å². The van der Waals surface area contributed by atoms with E-state index in [4.69, 9.17) is 13.8 Å². The van der Waals surface area contributed by atoms with Crippen LogP contribution in [0.15, 0.2) is 179 Å². The molecule has 0 aliphatic rings. The molecule has 4 heterocycles. The molecule has 0 unspecified atom stereocenters. The van der Waals surface area contributed by atoms with E-state index in [1.165, 1.54) is 21.8 Å². The van der Waals surface area contributed by atoms with Crippen LogP contribution in [0, 0.1) is 0 Å². The van der Waals surface area contributed by atoms with Crippen LogP contribution in [-0.2, 0) is 0 Å². The molecule has 0 atom stereocenters. The average Bonchev–Trinajstić information content (AvgIpc) is 3.86. The first-order valence-corrected chi connectivity index (χ1v) is 17.2. The number of fused-ring (bicyclic) bond motifs is 9. The number of rotatable bonds is 4. The molecule has 238 valence electrons. The van der Waals surface area contributed by atoms with Gasteiger partial charge in [0.15, 0.2) is 0 Å². The molecule has 0 saturated carbocycles. The lowest BCUT2D eigenvalue weighted by atomic mass is 9.97. The zero-order chi connectivity index (χ0) is 33.5. The van der Waals surface area contributed by atoms with Gasteiger partial charge in [-0.1, -0.05) is 84.9 Å². The highest BCUT2D eigenvalue weighted by Gasteiger charge is 2.15. The molecule has 7 aromatic carbocycles. The fourth-order valence-electron chi connectivity index (χ4n) is 7.82. The third-order valence-corrected chi connectivity index (χ3v) is 10.3. The molecule has 11 aromatic rings. The Hall–Kier alpha value is -6.91. The lowest BCUT2D eigenvalue weighted by Crippen LogP contribution is -1.93. The van der Waals surface area contributed by atoms with Gasteiger partial charge in [-0.15, -0.1) is 0 Å². The third kappa shape index (κ3) is 4.37. The summed E-state index contributed by atoms with van der Waals surface area (Å²) in [7, 11) is 0. The Labute approximate surface area is 292 Å². The quantitative estimate of drug-likeness (QED) is 0.190. The summed E-state index contributed by atoms with van der Waals surface area (Å²) in [6, 6.07) is 55.7. The molecular weight excluding hydrogens is 625 g/mol. The maximum absolute atomic E-state index is 6.35. The van der Waals surface area contributed by atoms with Gasteiger partial charge < -0.3 is 13.4 Å². The fraction of sp³-hybridized carbons (Fsp3) is 0. The molecule has 51 heavy (non-hydrogen) atoms. The summed E-state index contributed by atoms with van der Waals surface area (Å²) in [5, 5.41) is 6.93. The van der Waals surface area contributed by atoms with Crippen LogP contribution < -0.4 is 0 Å². The normalized spacial score (nSPS) is 11.9. The van der Waals surface area contributed by atoms with E-state index < -0.39 is 0 Å². The Morgan fingerprint density at radius 2 is 0.804 bits per heavy atom. The summed E-state index contributed by atoms with van der Waals surface area (Å²) in [5.41, 5.74) is 13.7. The summed E-state index contributed by atoms with van der Waals surface area (Å²) in [6.07, 6.45) is 3.89. The summed E-state index contributed by atoms with van der Waals surface area (Å²) in [4.78, 5) is 4.70. The highest BCUT2D eigenvalue weighted by Crippen LogP contribution is 2.38. The first kappa shape index (κ1) is 28.0. The van der Waals surface area contributed by atoms with Crippen molar-refractivity contribution in [3.8, 4) is 39.1 Å². The van der Waals surface area contributed by atoms with E-state index in [1.54, 1.807) is 0 Å². The van der Waals surface area contributed by atoms with E-state index >= 15 is 0 Å². The van der Waals surface area contributed by atoms with E-state index in [2.05, 4.69) is 150 Å². The minimum absolute atomic E-state index is 0.868. The summed E-state index contributed by atoms with van der Waals surface area (Å²) >= 11 is 0. The van der Waals surface area contributed by atoms with Crippen molar-refractivity contribution in [3.63, 3.8) is 0 Å². The zero-order valence-electron chi connectivity index (χ0n) is 27.4. The Bertz CT molecular complexity index is 3110. The topological polar surface area (TPSA) is 44.1 Å². The monoisotopic (exact) mass is 652 g/mol. The third-order valence-electron chi connectivity index (χ3n) is 10.3. The highest BCUT2D eigenvalue weighted by atomic mass is 16.3. The maximum Gasteiger partial charge on any atom is 0.135 e. The summed E-state index contributed by atoms with van der Waals surface area (Å²) < 4.78 is 14.8. The number of furan rings is 2. The molecule has 0 bridgehead atoms. The van der Waals surface area contributed by atoms with Crippen LogP contribution in [0.3, 0.4) is 0 Å². The van der Waals surface area contributed by atoms with E-state index in [1.807, 2.05) is 24.5 Å². The minimum Gasteiger partial charge on any atom is -0.456 e. The SMILES string of the molecule is c1cc(-c2cncc(-c3ccc4oc5ccc(-n6c7ccccc7c7ccccc76)cc5c4c3)c2)cc(-c2ccc3oc4ccccc4c3c2)c1. The molecule has 0 fully saturated rings. The van der Waals surface area contributed by atoms with Gasteiger partial charge in [-0.3, -0.25) is 4.98 Å². The van der Waals surface area contributed by atoms with Gasteiger partial charge in [-0.05, 0) is 95.1 Å². The van der Waals surface area contributed by atoms with Crippen molar-refractivity contribution in [2.24, 2.45) is 0 Å². The fourth-order valence-corrected chi connectivity index (χ4v) is 7.82. The van der Waals surface area contributed by atoms with Crippen LogP contribution in [0.4, 0.5) is 0 Å². The van der Waals surface area contributed by atoms with Gasteiger partial charge in [0.2, 0.25) is 0 Å². The molecule has 0 amide bonds. The summed E-state index contributed by atoms with van der Waals surface area (Å²) in [6.45, 7) is 0. The van der Waals surface area contributed by atoms with Gasteiger partial charge in [-0.25, -0.2) is 0 Å². The summed E-state index contributed by atoms with van der Waals surface area (Å²) in [5.74, 6) is 0. The van der Waals surface area contributed by atoms with Crippen molar-refractivity contribution in [1.29, 1.82) is 0 Å². The standard InChI is InChI=1S/C47H28N2O2/c1-4-13-42-36(10-1)37-11-2-5-14-43(37)49(42)35-18-21-47-41(26-35)40-25-32(17-20-46(40)51-47)34-23-33(27-48-28-34)30-9-7-8-29(22-30)31-16-19-45-39(24-31)38-12-3-6-15-44(38)50-45/h1-28H. The lowest BCUT2D eigenvalue weighted by Gasteiger charge is -2.09. The number of para-hydroxylation sites is 3. The van der Waals surface area contributed by atoms with Crippen LogP contribution in [0.25, 0.3) is 105 Å². The second-order valence-electron chi connectivity index (χ2n) is 13.2. The molecule has 11 rings (SSSR count). The Kier molecular flexibility index (Phi) is 5.92. The molecule has 0 saturated heterocycles. The predicted octanol–water partition coefficient (Wildman–Crippen LogP) is 13.0. The van der Waals surface area contributed by atoms with Crippen LogP contribution in [0.2, 0.25) is 0 Å². The molecule has 0 aliphatic carbocycles. The van der Waals surface area contributed by atoms with Gasteiger partial charge in [-0.2, -0.15) is 0 Å². The number of pyridine rings is 1. The molecule has 0 N–H and O–H groups in total. The number of hydrogen-bond acceptors (Lipinski definition) is 3. The molecule has 4 nitrogen and oxygen atoms in total. The largest absolute Gasteiger partial charge is 0.456 e. The molecule has 4 aromatic heterocycles. The van der Waals surface area contributed by atoms with Crippen molar-refractivity contribution in [1.82, 2.24) is 9.55 Å². The second kappa shape index (κ2) is 10.8. The molecule has 0 spiro atoms. The molecule has 0 aliphatic heterocycles. The Morgan fingerprint density at radius 3 is 1.49 bits per heavy atom. The Balaban J connectivity index is 0.989. The first-order valence-electron chi connectivity index (χ1n) is 17.2. The van der Waals surface area contributed by atoms with Crippen molar-refractivity contribution in [2.75, 3.05) is 0 Å². The van der Waals surface area contributed by atoms with Gasteiger partial charge in [0.05, 0.1) is 11.0 Å². The van der Waals surface area contributed by atoms with Crippen molar-refractivity contribution >= 4 is 65.7 Å². The van der Waals surface area contributed by atoms with Crippen molar-refractivity contribution < 1.29 is 8.83 Å². The van der Waals surface area contributed by atoms with Crippen LogP contribution in [-0.4, -0.2) is 9.55 Å². The molecular formula is C47H28N2O2. The number of aromatic nitrogens is 2. The predicted molar refractivity (Wildman–Crippen MR) is 209 cm³/mol. The van der Waals surface area contributed by atoms with E-state index in [0.717, 1.165) is 82.9 Å².